The molecule has 6 heteroatoms. The zero-order chi connectivity index (χ0) is 9.14. The monoisotopic (exact) mass is 233 g/mol. The zero-order valence-electron chi connectivity index (χ0n) is 6.74. The van der Waals surface area contributed by atoms with Gasteiger partial charge in [-0.3, -0.25) is 0 Å². The van der Waals surface area contributed by atoms with Crippen molar-refractivity contribution in [1.82, 2.24) is 15.0 Å². The molecular weight excluding hydrogens is 226 g/mol. The Morgan fingerprint density at radius 2 is 2.33 bits per heavy atom. The molecule has 0 N–H and O–H groups in total. The first kappa shape index (κ1) is 9.18. The molecule has 0 aliphatic rings. The van der Waals surface area contributed by atoms with E-state index in [2.05, 4.69) is 26.1 Å². The van der Waals surface area contributed by atoms with Gasteiger partial charge in [0.2, 0.25) is 5.69 Å². The van der Waals surface area contributed by atoms with Crippen LogP contribution in [0.1, 0.15) is 17.4 Å². The Balaban J connectivity index is 2.87. The number of aromatic nitrogens is 3. The molecule has 0 bridgehead atoms. The number of carbonyl (C=O) groups is 1. The third-order valence-electron chi connectivity index (χ3n) is 1.14. The maximum absolute atomic E-state index is 11.1. The van der Waals surface area contributed by atoms with Crippen LogP contribution in [0.4, 0.5) is 0 Å². The Morgan fingerprint density at radius 1 is 1.67 bits per heavy atom. The van der Waals surface area contributed by atoms with Crippen LogP contribution in [0.5, 0.6) is 0 Å². The summed E-state index contributed by atoms with van der Waals surface area (Å²) in [5.41, 5.74) is 0.208. The van der Waals surface area contributed by atoms with Gasteiger partial charge in [0, 0.05) is 7.05 Å². The molecule has 0 saturated heterocycles. The van der Waals surface area contributed by atoms with Gasteiger partial charge in [0.1, 0.15) is 0 Å². The molecule has 1 rings (SSSR count). The minimum Gasteiger partial charge on any atom is -0.461 e. The standard InChI is InChI=1S/C6H8BrN3O2/c1-3-12-6(11)4-5(7)9-10(2)8-4/h3H2,1-2H3. The van der Waals surface area contributed by atoms with E-state index in [-0.39, 0.29) is 5.69 Å². The summed E-state index contributed by atoms with van der Waals surface area (Å²) in [6, 6.07) is 0. The van der Waals surface area contributed by atoms with Crippen LogP contribution in [0.25, 0.3) is 0 Å². The Hall–Kier alpha value is -0.910. The number of ether oxygens (including phenoxy) is 1. The minimum absolute atomic E-state index is 0.208. The van der Waals surface area contributed by atoms with Crippen LogP contribution in [0.3, 0.4) is 0 Å². The van der Waals surface area contributed by atoms with E-state index in [1.807, 2.05) is 0 Å². The van der Waals surface area contributed by atoms with E-state index in [9.17, 15) is 4.79 Å². The van der Waals surface area contributed by atoms with Crippen LogP contribution in [0.15, 0.2) is 4.60 Å². The molecule has 0 unspecified atom stereocenters. The Bertz CT molecular complexity index is 297. The summed E-state index contributed by atoms with van der Waals surface area (Å²) in [4.78, 5) is 12.4. The van der Waals surface area contributed by atoms with Crippen molar-refractivity contribution < 1.29 is 9.53 Å². The van der Waals surface area contributed by atoms with Gasteiger partial charge in [-0.2, -0.15) is 4.80 Å². The van der Waals surface area contributed by atoms with Gasteiger partial charge in [-0.05, 0) is 22.9 Å². The Labute approximate surface area is 77.8 Å². The molecule has 12 heavy (non-hydrogen) atoms. The highest BCUT2D eigenvalue weighted by Crippen LogP contribution is 2.11. The Kier molecular flexibility index (Phi) is 2.80. The highest BCUT2D eigenvalue weighted by atomic mass is 79.9. The first-order valence-electron chi connectivity index (χ1n) is 3.39. The van der Waals surface area contributed by atoms with Gasteiger partial charge in [0.15, 0.2) is 4.60 Å². The SMILES string of the molecule is CCOC(=O)c1nn(C)nc1Br. The average Bonchev–Trinajstić information content (AvgIpc) is 2.30. The smallest absolute Gasteiger partial charge is 0.361 e. The zero-order valence-corrected chi connectivity index (χ0v) is 8.33. The van der Waals surface area contributed by atoms with Crippen molar-refractivity contribution >= 4 is 21.9 Å². The van der Waals surface area contributed by atoms with Crippen molar-refractivity contribution in [3.63, 3.8) is 0 Å². The van der Waals surface area contributed by atoms with Crippen LogP contribution in [-0.2, 0) is 11.8 Å². The summed E-state index contributed by atoms with van der Waals surface area (Å²) < 4.78 is 5.14. The summed E-state index contributed by atoms with van der Waals surface area (Å²) in [7, 11) is 1.63. The van der Waals surface area contributed by atoms with Gasteiger partial charge in [-0.25, -0.2) is 4.79 Å². The van der Waals surface area contributed by atoms with Crippen LogP contribution in [-0.4, -0.2) is 27.6 Å². The van der Waals surface area contributed by atoms with Crippen molar-refractivity contribution in [2.45, 2.75) is 6.92 Å². The van der Waals surface area contributed by atoms with Gasteiger partial charge >= 0.3 is 5.97 Å². The fourth-order valence-electron chi connectivity index (χ4n) is 0.707. The van der Waals surface area contributed by atoms with Crippen molar-refractivity contribution in [2.24, 2.45) is 7.05 Å². The molecule has 0 atom stereocenters. The molecule has 66 valence electrons. The molecule has 0 saturated carbocycles. The van der Waals surface area contributed by atoms with E-state index in [0.717, 1.165) is 0 Å². The van der Waals surface area contributed by atoms with Crippen LogP contribution in [0.2, 0.25) is 0 Å². The third kappa shape index (κ3) is 1.82. The Morgan fingerprint density at radius 3 is 2.75 bits per heavy atom. The number of hydrogen-bond donors (Lipinski definition) is 0. The molecule has 0 fully saturated rings. The fourth-order valence-corrected chi connectivity index (χ4v) is 1.18. The molecular formula is C6H8BrN3O2. The first-order valence-corrected chi connectivity index (χ1v) is 4.18. The third-order valence-corrected chi connectivity index (χ3v) is 1.68. The van der Waals surface area contributed by atoms with Crippen LogP contribution in [0, 0.1) is 0 Å². The van der Waals surface area contributed by atoms with Gasteiger partial charge in [-0.15, -0.1) is 10.2 Å². The molecule has 1 aromatic rings. The second-order valence-corrected chi connectivity index (χ2v) is 2.80. The topological polar surface area (TPSA) is 57.0 Å². The molecule has 1 heterocycles. The van der Waals surface area contributed by atoms with E-state index < -0.39 is 5.97 Å². The molecule has 0 amide bonds. The van der Waals surface area contributed by atoms with Crippen LogP contribution < -0.4 is 0 Å². The quantitative estimate of drug-likeness (QED) is 0.708. The number of aryl methyl sites for hydroxylation is 1. The number of carbonyl (C=O) groups excluding carboxylic acids is 1. The number of halogens is 1. The highest BCUT2D eigenvalue weighted by molar-refractivity contribution is 9.10. The van der Waals surface area contributed by atoms with Gasteiger partial charge in [0.05, 0.1) is 6.61 Å². The predicted molar refractivity (Wildman–Crippen MR) is 44.7 cm³/mol. The lowest BCUT2D eigenvalue weighted by atomic mass is 10.5. The fraction of sp³-hybridized carbons (Fsp3) is 0.500. The second kappa shape index (κ2) is 3.66. The minimum atomic E-state index is -0.461. The summed E-state index contributed by atoms with van der Waals surface area (Å²) in [6.07, 6.45) is 0. The molecule has 0 aliphatic carbocycles. The molecule has 5 nitrogen and oxygen atoms in total. The molecule has 0 radical (unpaired) electrons. The molecule has 0 spiro atoms. The highest BCUT2D eigenvalue weighted by Gasteiger charge is 2.16. The van der Waals surface area contributed by atoms with E-state index >= 15 is 0 Å². The lowest BCUT2D eigenvalue weighted by Gasteiger charge is -1.95. The van der Waals surface area contributed by atoms with Gasteiger partial charge < -0.3 is 4.74 Å². The van der Waals surface area contributed by atoms with Gasteiger partial charge in [0.25, 0.3) is 0 Å². The number of nitrogens with zero attached hydrogens (tertiary/aromatic N) is 3. The number of hydrogen-bond acceptors (Lipinski definition) is 4. The molecule has 0 aliphatic heterocycles. The second-order valence-electron chi connectivity index (χ2n) is 2.05. The summed E-state index contributed by atoms with van der Waals surface area (Å²) >= 11 is 3.09. The molecule has 1 aromatic heterocycles. The van der Waals surface area contributed by atoms with E-state index in [4.69, 9.17) is 4.74 Å². The van der Waals surface area contributed by atoms with E-state index in [1.54, 1.807) is 14.0 Å². The van der Waals surface area contributed by atoms with Crippen molar-refractivity contribution in [3.8, 4) is 0 Å². The van der Waals surface area contributed by atoms with E-state index in [1.165, 1.54) is 4.80 Å². The van der Waals surface area contributed by atoms with Gasteiger partial charge in [-0.1, -0.05) is 0 Å². The summed E-state index contributed by atoms with van der Waals surface area (Å²) in [5, 5.41) is 7.65. The van der Waals surface area contributed by atoms with E-state index in [0.29, 0.717) is 11.2 Å². The maximum atomic E-state index is 11.1. The summed E-state index contributed by atoms with van der Waals surface area (Å²) in [6.45, 7) is 2.07. The first-order chi connectivity index (χ1) is 5.65. The van der Waals surface area contributed by atoms with Crippen molar-refractivity contribution in [3.05, 3.63) is 10.3 Å². The number of rotatable bonds is 2. The van der Waals surface area contributed by atoms with Crippen LogP contribution >= 0.6 is 15.9 Å². The molecule has 0 aromatic carbocycles. The lowest BCUT2D eigenvalue weighted by molar-refractivity contribution is 0.0517. The lowest BCUT2D eigenvalue weighted by Crippen LogP contribution is -2.06. The average molecular weight is 234 g/mol. The maximum Gasteiger partial charge on any atom is 0.361 e. The predicted octanol–water partition coefficient (Wildman–Crippen LogP) is 0.754. The van der Waals surface area contributed by atoms with Crippen molar-refractivity contribution in [2.75, 3.05) is 6.61 Å². The largest absolute Gasteiger partial charge is 0.461 e. The van der Waals surface area contributed by atoms with Crippen molar-refractivity contribution in [1.29, 1.82) is 0 Å². The summed E-state index contributed by atoms with van der Waals surface area (Å²) in [5.74, 6) is -0.461. The number of esters is 1. The normalized spacial score (nSPS) is 9.92.